The van der Waals surface area contributed by atoms with Crippen LogP contribution in [-0.2, 0) is 36.0 Å². The van der Waals surface area contributed by atoms with Crippen LogP contribution in [0.4, 0.5) is 46.8 Å². The van der Waals surface area contributed by atoms with Gasteiger partial charge in [0.15, 0.2) is 11.5 Å². The number of aromatic nitrogens is 4. The molecule has 8 aromatic rings. The zero-order chi connectivity index (χ0) is 55.5. The molecule has 4 aliphatic rings. The topological polar surface area (TPSA) is 144 Å². The minimum absolute atomic E-state index is 0.0778. The number of carbonyl (C=O) groups is 1. The van der Waals surface area contributed by atoms with Gasteiger partial charge in [-0.1, -0.05) is 60.7 Å². The van der Waals surface area contributed by atoms with Crippen LogP contribution in [0.2, 0.25) is 0 Å². The first-order valence-electron chi connectivity index (χ1n) is 26.7. The number of benzene rings is 6. The van der Waals surface area contributed by atoms with Crippen LogP contribution >= 0.6 is 11.8 Å². The van der Waals surface area contributed by atoms with Crippen molar-refractivity contribution in [1.82, 2.24) is 30.2 Å². The molecule has 1 amide bonds. The number of para-hydroxylation sites is 2. The average molecular weight is 1100 g/mol. The summed E-state index contributed by atoms with van der Waals surface area (Å²) in [6.45, 7) is 4.78. The Kier molecular flexibility index (Phi) is 13.9. The molecule has 14 nitrogen and oxygen atoms in total. The minimum Gasteiger partial charge on any atom is -0.493 e. The third kappa shape index (κ3) is 9.79. The van der Waals surface area contributed by atoms with Gasteiger partial charge < -0.3 is 44.8 Å². The smallest absolute Gasteiger partial charge is 0.416 e. The Hall–Kier alpha value is -8.16. The van der Waals surface area contributed by atoms with Crippen LogP contribution in [0.1, 0.15) is 53.1 Å². The highest BCUT2D eigenvalue weighted by atomic mass is 32.2. The van der Waals surface area contributed by atoms with Crippen molar-refractivity contribution >= 4 is 73.6 Å². The number of methoxy groups -OCH3 is 2. The number of carbonyl (C=O) groups excluding carboxylic acids is 1. The van der Waals surface area contributed by atoms with Crippen LogP contribution in [0.5, 0.6) is 11.5 Å². The Morgan fingerprint density at radius 3 is 2.23 bits per heavy atom. The fourth-order valence-electron chi connectivity index (χ4n) is 11.7. The molecule has 80 heavy (non-hydrogen) atoms. The van der Waals surface area contributed by atoms with Crippen molar-refractivity contribution in [3.8, 4) is 22.6 Å². The molecule has 2 aromatic heterocycles. The minimum atomic E-state index is -4.52. The highest BCUT2D eigenvalue weighted by Crippen LogP contribution is 2.47. The summed E-state index contributed by atoms with van der Waals surface area (Å²) in [5.41, 5.74) is 5.98. The first-order valence-corrected chi connectivity index (χ1v) is 27.7. The Bertz CT molecular complexity index is 3760. The monoisotopic (exact) mass is 1100 g/mol. The predicted molar refractivity (Wildman–Crippen MR) is 306 cm³/mol. The molecule has 6 aromatic carbocycles. The SMILES string of the molecule is COc1cc2c(cc1OC)CN(c1nc(NCCNC(=O)C3=C(c4ccc(-c5cccc6c5CC(C)N6c5nc(N6CCC(O)(c7cccc(C(F)(F)F)c7)CC6)nc6ccccc56)c(F)c4)SCN3C)nc3ccccc13)CC2. The van der Waals surface area contributed by atoms with Gasteiger partial charge in [-0.05, 0) is 127 Å². The Morgan fingerprint density at radius 2 is 1.49 bits per heavy atom. The molecule has 0 aliphatic carbocycles. The van der Waals surface area contributed by atoms with Gasteiger partial charge in [-0.2, -0.15) is 23.1 Å². The third-order valence-electron chi connectivity index (χ3n) is 15.8. The molecule has 4 aliphatic heterocycles. The second kappa shape index (κ2) is 21.1. The number of fused-ring (bicyclic) bond motifs is 4. The standard InChI is InChI=1S/C61H58F4N10O4S/c1-36-29-46-42(15-10-18-50(46)75(36)56-45-14-6-8-17-49(45)69-59(71-56)73-27-22-60(77,23-28-73)40-11-9-12-41(33-40)61(63,64)65)43-20-19-38(30-47(43)62)54-53(72(2)35-80-54)57(76)66-24-25-67-58-68-48-16-7-5-13-44(48)55(70-58)74-26-21-37-31-51(78-3)52(79-4)32-39(37)34-74/h5-20,30-33,36,77H,21-29,34-35H2,1-4H3,(H,66,76)(H,67,68,70). The molecule has 1 saturated heterocycles. The lowest BCUT2D eigenvalue weighted by Gasteiger charge is -2.39. The quantitative estimate of drug-likeness (QED) is 0.0744. The summed E-state index contributed by atoms with van der Waals surface area (Å²) in [7, 11) is 5.14. The number of anilines is 5. The second-order valence-corrected chi connectivity index (χ2v) is 21.7. The van der Waals surface area contributed by atoms with E-state index in [0.717, 1.165) is 69.6 Å². The van der Waals surface area contributed by atoms with E-state index in [2.05, 4.69) is 27.4 Å². The zero-order valence-electron chi connectivity index (χ0n) is 44.6. The zero-order valence-corrected chi connectivity index (χ0v) is 45.4. The van der Waals surface area contributed by atoms with Gasteiger partial charge in [0.2, 0.25) is 11.9 Å². The molecule has 1 fully saturated rings. The maximum atomic E-state index is 16.8. The van der Waals surface area contributed by atoms with Crippen LogP contribution in [-0.4, -0.2) is 102 Å². The highest BCUT2D eigenvalue weighted by molar-refractivity contribution is 8.08. The summed E-state index contributed by atoms with van der Waals surface area (Å²) < 4.78 is 68.8. The molecule has 0 radical (unpaired) electrons. The molecule has 3 N–H and O–H groups in total. The first kappa shape index (κ1) is 52.5. The number of hydrogen-bond acceptors (Lipinski definition) is 14. The van der Waals surface area contributed by atoms with Gasteiger partial charge in [0.25, 0.3) is 5.91 Å². The second-order valence-electron chi connectivity index (χ2n) is 20.7. The summed E-state index contributed by atoms with van der Waals surface area (Å²) in [6, 6.07) is 35.7. The summed E-state index contributed by atoms with van der Waals surface area (Å²) >= 11 is 1.49. The van der Waals surface area contributed by atoms with Crippen molar-refractivity contribution in [2.75, 3.05) is 79.9 Å². The molecule has 12 rings (SSSR count). The number of thioether (sulfide) groups is 1. The van der Waals surface area contributed by atoms with Crippen LogP contribution in [0.15, 0.2) is 127 Å². The van der Waals surface area contributed by atoms with Crippen molar-refractivity contribution in [2.24, 2.45) is 0 Å². The van der Waals surface area contributed by atoms with E-state index in [1.54, 1.807) is 26.4 Å². The van der Waals surface area contributed by atoms with E-state index in [4.69, 9.17) is 29.4 Å². The van der Waals surface area contributed by atoms with Crippen LogP contribution in [0, 0.1) is 5.82 Å². The van der Waals surface area contributed by atoms with Crippen LogP contribution < -0.4 is 34.8 Å². The molecule has 6 heterocycles. The highest BCUT2D eigenvalue weighted by Gasteiger charge is 2.39. The maximum Gasteiger partial charge on any atom is 0.416 e. The van der Waals surface area contributed by atoms with E-state index in [1.807, 2.05) is 102 Å². The molecule has 19 heteroatoms. The van der Waals surface area contributed by atoms with Gasteiger partial charge in [-0.25, -0.2) is 14.4 Å². The Labute approximate surface area is 464 Å². The number of halogens is 4. The van der Waals surface area contributed by atoms with Gasteiger partial charge in [-0.3, -0.25) is 4.79 Å². The van der Waals surface area contributed by atoms with E-state index in [9.17, 15) is 23.1 Å². The van der Waals surface area contributed by atoms with E-state index < -0.39 is 23.2 Å². The van der Waals surface area contributed by atoms with Gasteiger partial charge in [-0.15, -0.1) is 11.8 Å². The fourth-order valence-corrected chi connectivity index (χ4v) is 12.8. The average Bonchev–Trinajstić information content (AvgIpc) is 4.25. The lowest BCUT2D eigenvalue weighted by Crippen LogP contribution is -2.43. The molecule has 0 bridgehead atoms. The lowest BCUT2D eigenvalue weighted by atomic mass is 9.84. The van der Waals surface area contributed by atoms with E-state index in [-0.39, 0.29) is 36.9 Å². The van der Waals surface area contributed by atoms with Crippen LogP contribution in [0.3, 0.4) is 0 Å². The van der Waals surface area contributed by atoms with Gasteiger partial charge >= 0.3 is 6.18 Å². The number of aliphatic hydroxyl groups is 1. The molecule has 0 spiro atoms. The normalized spacial score (nSPS) is 17.0. The number of nitrogens with one attached hydrogen (secondary N) is 2. The largest absolute Gasteiger partial charge is 0.493 e. The van der Waals surface area contributed by atoms with Crippen molar-refractivity contribution in [3.63, 3.8) is 0 Å². The molecule has 1 atom stereocenters. The van der Waals surface area contributed by atoms with Crippen molar-refractivity contribution in [2.45, 2.75) is 57.0 Å². The number of likely N-dealkylation sites (N-methyl/N-ethyl adjacent to an activating group) is 1. The van der Waals surface area contributed by atoms with Crippen molar-refractivity contribution in [1.29, 1.82) is 0 Å². The number of rotatable bonds is 13. The van der Waals surface area contributed by atoms with Gasteiger partial charge in [0.1, 0.15) is 23.1 Å². The number of nitrogens with zero attached hydrogens (tertiary/aromatic N) is 8. The summed E-state index contributed by atoms with van der Waals surface area (Å²) in [5.74, 6) is 3.62. The molecule has 1 unspecified atom stereocenters. The number of alkyl halides is 3. The molecular weight excluding hydrogens is 1040 g/mol. The first-order chi connectivity index (χ1) is 38.7. The number of hydrogen-bond donors (Lipinski definition) is 3. The number of ether oxygens (including phenoxy) is 2. The third-order valence-corrected chi connectivity index (χ3v) is 17.0. The summed E-state index contributed by atoms with van der Waals surface area (Å²) in [4.78, 5) is 42.9. The van der Waals surface area contributed by atoms with E-state index >= 15 is 4.39 Å². The fraction of sp³-hybridized carbons (Fsp3) is 0.295. The van der Waals surface area contributed by atoms with Crippen LogP contribution in [0.25, 0.3) is 37.8 Å². The van der Waals surface area contributed by atoms with E-state index in [0.29, 0.717) is 94.9 Å². The predicted octanol–water partition coefficient (Wildman–Crippen LogP) is 11.1. The van der Waals surface area contributed by atoms with Crippen molar-refractivity contribution in [3.05, 3.63) is 166 Å². The summed E-state index contributed by atoms with van der Waals surface area (Å²) in [5, 5.41) is 19.8. The number of piperidine rings is 1. The maximum absolute atomic E-state index is 16.8. The van der Waals surface area contributed by atoms with Crippen molar-refractivity contribution < 1.29 is 36.9 Å². The van der Waals surface area contributed by atoms with Gasteiger partial charge in [0, 0.05) is 79.3 Å². The number of amides is 1. The molecular formula is C61H58F4N10O4S. The lowest BCUT2D eigenvalue weighted by molar-refractivity contribution is -0.137. The summed E-state index contributed by atoms with van der Waals surface area (Å²) in [6.07, 6.45) is -2.74. The van der Waals surface area contributed by atoms with Gasteiger partial charge in [0.05, 0.1) is 42.3 Å². The molecule has 0 saturated carbocycles. The molecule has 410 valence electrons. The Morgan fingerprint density at radius 1 is 0.775 bits per heavy atom. The Balaban J connectivity index is 0.747. The van der Waals surface area contributed by atoms with E-state index in [1.165, 1.54) is 29.5 Å².